The summed E-state index contributed by atoms with van der Waals surface area (Å²) in [6.45, 7) is 5.05. The van der Waals surface area contributed by atoms with E-state index in [9.17, 15) is 14.0 Å². The maximum atomic E-state index is 12.1. The largest absolute Gasteiger partial charge is 0.352 e. The summed E-state index contributed by atoms with van der Waals surface area (Å²) in [4.78, 5) is 23.7. The Morgan fingerprint density at radius 2 is 2.17 bits per heavy atom. The first-order chi connectivity index (χ1) is 11.4. The molecule has 2 rings (SSSR count). The standard InChI is InChI=1S/C16H26FN5O2/c1-10(2)22-14-8-13(5-4-12(14)9-19-22)21-16(24)20-11(3)15(23)18-7-6-17/h9-11,13H,4-8H2,1-3H3,(H,18,23)(H2,20,21,24)/t11-,13+/m0/s1. The molecule has 1 aliphatic carbocycles. The van der Waals surface area contributed by atoms with E-state index in [4.69, 9.17) is 0 Å². The maximum absolute atomic E-state index is 12.1. The van der Waals surface area contributed by atoms with E-state index in [0.717, 1.165) is 25.0 Å². The molecule has 8 heteroatoms. The van der Waals surface area contributed by atoms with E-state index < -0.39 is 18.6 Å². The van der Waals surface area contributed by atoms with Crippen LogP contribution in [0.4, 0.5) is 9.18 Å². The topological polar surface area (TPSA) is 88.1 Å². The normalized spacial score (nSPS) is 18.0. The van der Waals surface area contributed by atoms with Crippen molar-refractivity contribution in [1.82, 2.24) is 25.7 Å². The number of nitrogens with one attached hydrogen (secondary N) is 3. The molecule has 1 aromatic rings. The van der Waals surface area contributed by atoms with Crippen LogP contribution in [0.25, 0.3) is 0 Å². The van der Waals surface area contributed by atoms with Gasteiger partial charge in [-0.3, -0.25) is 9.48 Å². The molecule has 0 saturated carbocycles. The third-order valence-corrected chi connectivity index (χ3v) is 4.15. The van der Waals surface area contributed by atoms with Crippen molar-refractivity contribution in [3.63, 3.8) is 0 Å². The molecule has 1 aliphatic rings. The predicted octanol–water partition coefficient (Wildman–Crippen LogP) is 1.09. The van der Waals surface area contributed by atoms with Gasteiger partial charge in [0.15, 0.2) is 0 Å². The molecule has 0 bridgehead atoms. The van der Waals surface area contributed by atoms with Crippen LogP contribution in [0.2, 0.25) is 0 Å². The minimum absolute atomic E-state index is 0.00723. The van der Waals surface area contributed by atoms with E-state index in [0.29, 0.717) is 0 Å². The molecule has 1 aromatic heterocycles. The van der Waals surface area contributed by atoms with Crippen LogP contribution >= 0.6 is 0 Å². The second-order valence-electron chi connectivity index (χ2n) is 6.41. The quantitative estimate of drug-likeness (QED) is 0.725. The van der Waals surface area contributed by atoms with Gasteiger partial charge in [-0.15, -0.1) is 0 Å². The van der Waals surface area contributed by atoms with Gasteiger partial charge >= 0.3 is 6.03 Å². The minimum Gasteiger partial charge on any atom is -0.352 e. The van der Waals surface area contributed by atoms with E-state index in [1.807, 2.05) is 10.9 Å². The van der Waals surface area contributed by atoms with E-state index >= 15 is 0 Å². The highest BCUT2D eigenvalue weighted by atomic mass is 19.1. The van der Waals surface area contributed by atoms with Crippen molar-refractivity contribution < 1.29 is 14.0 Å². The fourth-order valence-electron chi connectivity index (χ4n) is 2.90. The molecular formula is C16H26FN5O2. The van der Waals surface area contributed by atoms with Gasteiger partial charge in [0.05, 0.1) is 6.20 Å². The van der Waals surface area contributed by atoms with Crippen LogP contribution in [0, 0.1) is 0 Å². The highest BCUT2D eigenvalue weighted by molar-refractivity contribution is 5.86. The lowest BCUT2D eigenvalue weighted by Crippen LogP contribution is -2.51. The molecule has 134 valence electrons. The van der Waals surface area contributed by atoms with Gasteiger partial charge in [0, 0.05) is 30.7 Å². The van der Waals surface area contributed by atoms with Crippen LogP contribution in [0.5, 0.6) is 0 Å². The van der Waals surface area contributed by atoms with Gasteiger partial charge in [-0.25, -0.2) is 9.18 Å². The fraction of sp³-hybridized carbons (Fsp3) is 0.688. The third kappa shape index (κ3) is 4.46. The van der Waals surface area contributed by atoms with Crippen LogP contribution in [0.1, 0.15) is 44.5 Å². The highest BCUT2D eigenvalue weighted by Gasteiger charge is 2.25. The fourth-order valence-corrected chi connectivity index (χ4v) is 2.90. The zero-order valence-electron chi connectivity index (χ0n) is 14.4. The molecule has 7 nitrogen and oxygen atoms in total. The monoisotopic (exact) mass is 339 g/mol. The Morgan fingerprint density at radius 3 is 2.83 bits per heavy atom. The number of hydrogen-bond acceptors (Lipinski definition) is 3. The molecule has 2 atom stereocenters. The van der Waals surface area contributed by atoms with Crippen LogP contribution < -0.4 is 16.0 Å². The Kier molecular flexibility index (Phi) is 6.16. The first-order valence-corrected chi connectivity index (χ1v) is 8.38. The molecule has 0 unspecified atom stereocenters. The van der Waals surface area contributed by atoms with Gasteiger partial charge in [0.1, 0.15) is 12.7 Å². The zero-order chi connectivity index (χ0) is 17.7. The maximum Gasteiger partial charge on any atom is 0.315 e. The number of aryl methyl sites for hydroxylation is 1. The predicted molar refractivity (Wildman–Crippen MR) is 88.5 cm³/mol. The third-order valence-electron chi connectivity index (χ3n) is 4.15. The average Bonchev–Trinajstić information content (AvgIpc) is 2.95. The summed E-state index contributed by atoms with van der Waals surface area (Å²) >= 11 is 0. The van der Waals surface area contributed by atoms with Crippen LogP contribution in [0.15, 0.2) is 6.20 Å². The van der Waals surface area contributed by atoms with Crippen LogP contribution in [0.3, 0.4) is 0 Å². The Balaban J connectivity index is 1.87. The number of alkyl halides is 1. The first kappa shape index (κ1) is 18.2. The second-order valence-corrected chi connectivity index (χ2v) is 6.41. The van der Waals surface area contributed by atoms with Crippen LogP contribution in [-0.2, 0) is 17.6 Å². The van der Waals surface area contributed by atoms with Gasteiger partial charge in [-0.1, -0.05) is 0 Å². The molecule has 0 spiro atoms. The number of fused-ring (bicyclic) bond motifs is 1. The molecule has 0 saturated heterocycles. The SMILES string of the molecule is CC(C)n1ncc2c1C[C@H](NC(=O)N[C@@H](C)C(=O)NCCF)CC2. The smallest absolute Gasteiger partial charge is 0.315 e. The molecule has 3 N–H and O–H groups in total. The number of rotatable bonds is 6. The van der Waals surface area contributed by atoms with E-state index in [-0.39, 0.29) is 24.7 Å². The van der Waals surface area contributed by atoms with Crippen molar-refractivity contribution in [3.05, 3.63) is 17.5 Å². The lowest BCUT2D eigenvalue weighted by molar-refractivity contribution is -0.122. The number of carbonyl (C=O) groups excluding carboxylic acids is 2. The number of nitrogens with zero attached hydrogens (tertiary/aromatic N) is 2. The molecule has 0 radical (unpaired) electrons. The lowest BCUT2D eigenvalue weighted by Gasteiger charge is -2.26. The van der Waals surface area contributed by atoms with Gasteiger partial charge in [0.2, 0.25) is 5.91 Å². The Morgan fingerprint density at radius 1 is 1.42 bits per heavy atom. The summed E-state index contributed by atoms with van der Waals surface area (Å²) in [5, 5.41) is 12.3. The summed E-state index contributed by atoms with van der Waals surface area (Å²) in [6.07, 6.45) is 4.35. The van der Waals surface area contributed by atoms with Crippen molar-refractivity contribution in [2.45, 2.75) is 58.2 Å². The Hall–Kier alpha value is -2.12. The average molecular weight is 339 g/mol. The molecule has 0 fully saturated rings. The molecule has 1 heterocycles. The van der Waals surface area contributed by atoms with Gasteiger partial charge in [-0.2, -0.15) is 5.10 Å². The number of halogens is 1. The van der Waals surface area contributed by atoms with Gasteiger partial charge < -0.3 is 16.0 Å². The number of amides is 3. The molecular weight excluding hydrogens is 313 g/mol. The van der Waals surface area contributed by atoms with E-state index in [1.165, 1.54) is 5.56 Å². The number of urea groups is 1. The van der Waals surface area contributed by atoms with Crippen LogP contribution in [-0.4, -0.2) is 47.0 Å². The summed E-state index contributed by atoms with van der Waals surface area (Å²) in [7, 11) is 0. The number of hydrogen-bond donors (Lipinski definition) is 3. The second kappa shape index (κ2) is 8.12. The molecule has 0 aliphatic heterocycles. The first-order valence-electron chi connectivity index (χ1n) is 8.38. The zero-order valence-corrected chi connectivity index (χ0v) is 14.4. The summed E-state index contributed by atoms with van der Waals surface area (Å²) in [5.74, 6) is -0.397. The highest BCUT2D eigenvalue weighted by Crippen LogP contribution is 2.23. The van der Waals surface area contributed by atoms with Crippen molar-refractivity contribution in [1.29, 1.82) is 0 Å². The summed E-state index contributed by atoms with van der Waals surface area (Å²) < 4.78 is 14.0. The molecule has 24 heavy (non-hydrogen) atoms. The Bertz CT molecular complexity index is 587. The number of carbonyl (C=O) groups is 2. The van der Waals surface area contributed by atoms with Crippen molar-refractivity contribution >= 4 is 11.9 Å². The summed E-state index contributed by atoms with van der Waals surface area (Å²) in [5.41, 5.74) is 2.40. The van der Waals surface area contributed by atoms with Crippen molar-refractivity contribution in [2.75, 3.05) is 13.2 Å². The van der Waals surface area contributed by atoms with E-state index in [2.05, 4.69) is 34.9 Å². The molecule has 3 amide bonds. The van der Waals surface area contributed by atoms with Crippen molar-refractivity contribution in [2.24, 2.45) is 0 Å². The summed E-state index contributed by atoms with van der Waals surface area (Å²) in [6, 6.07) is -0.813. The number of aromatic nitrogens is 2. The Labute approximate surface area is 141 Å². The minimum atomic E-state index is -0.711. The van der Waals surface area contributed by atoms with E-state index in [1.54, 1.807) is 6.92 Å². The lowest BCUT2D eigenvalue weighted by atomic mass is 9.93. The molecule has 0 aromatic carbocycles. The van der Waals surface area contributed by atoms with Gasteiger partial charge in [-0.05, 0) is 39.2 Å². The van der Waals surface area contributed by atoms with Crippen molar-refractivity contribution in [3.8, 4) is 0 Å². The van der Waals surface area contributed by atoms with Gasteiger partial charge in [0.25, 0.3) is 0 Å².